The highest BCUT2D eigenvalue weighted by Gasteiger charge is 2.16. The highest BCUT2D eigenvalue weighted by molar-refractivity contribution is 5.31. The molecule has 0 saturated carbocycles. The van der Waals surface area contributed by atoms with Gasteiger partial charge in [0.05, 0.1) is 7.11 Å². The molecule has 1 unspecified atom stereocenters. The van der Waals surface area contributed by atoms with Crippen LogP contribution in [0.4, 0.5) is 8.78 Å². The van der Waals surface area contributed by atoms with Gasteiger partial charge in [0, 0.05) is 25.2 Å². The minimum atomic E-state index is -0.792. The van der Waals surface area contributed by atoms with Crippen molar-refractivity contribution < 1.29 is 23.4 Å². The van der Waals surface area contributed by atoms with Crippen molar-refractivity contribution in [2.45, 2.75) is 19.2 Å². The van der Waals surface area contributed by atoms with Gasteiger partial charge in [0.25, 0.3) is 0 Å². The largest absolute Gasteiger partial charge is 0.497 e. The molecule has 0 aliphatic heterocycles. The summed E-state index contributed by atoms with van der Waals surface area (Å²) < 4.78 is 38.1. The predicted octanol–water partition coefficient (Wildman–Crippen LogP) is 4.42. The number of aliphatic hydroxyl groups excluding tert-OH is 1. The Bertz CT molecular complexity index is 916. The van der Waals surface area contributed by atoms with Crippen molar-refractivity contribution in [3.05, 3.63) is 95.6 Å². The molecule has 0 bridgehead atoms. The predicted molar refractivity (Wildman–Crippen MR) is 111 cm³/mol. The van der Waals surface area contributed by atoms with E-state index in [1.165, 1.54) is 18.2 Å². The summed E-state index contributed by atoms with van der Waals surface area (Å²) in [6.07, 6.45) is -0.792. The molecule has 0 fully saturated rings. The fraction of sp³-hybridized carbons (Fsp3) is 0.250. The summed E-state index contributed by atoms with van der Waals surface area (Å²) in [6.45, 7) is 1.10. The van der Waals surface area contributed by atoms with Gasteiger partial charge < -0.3 is 14.6 Å². The Balaban J connectivity index is 1.63. The lowest BCUT2D eigenvalue weighted by Gasteiger charge is -2.25. The van der Waals surface area contributed by atoms with E-state index >= 15 is 0 Å². The van der Waals surface area contributed by atoms with E-state index < -0.39 is 6.10 Å². The van der Waals surface area contributed by atoms with Crippen molar-refractivity contribution in [1.29, 1.82) is 0 Å². The molecule has 4 nitrogen and oxygen atoms in total. The lowest BCUT2D eigenvalue weighted by atomic mass is 10.1. The molecular weight excluding hydrogens is 388 g/mol. The van der Waals surface area contributed by atoms with Gasteiger partial charge in [-0.2, -0.15) is 0 Å². The number of aliphatic hydroxyl groups is 1. The minimum Gasteiger partial charge on any atom is -0.497 e. The van der Waals surface area contributed by atoms with Crippen molar-refractivity contribution in [2.24, 2.45) is 0 Å². The summed E-state index contributed by atoms with van der Waals surface area (Å²) in [5.41, 5.74) is 1.40. The van der Waals surface area contributed by atoms with Crippen LogP contribution < -0.4 is 9.47 Å². The van der Waals surface area contributed by atoms with Gasteiger partial charge in [0.2, 0.25) is 0 Å². The van der Waals surface area contributed by atoms with E-state index in [1.807, 2.05) is 4.90 Å². The molecule has 0 aromatic heterocycles. The van der Waals surface area contributed by atoms with Crippen molar-refractivity contribution in [1.82, 2.24) is 4.90 Å². The summed E-state index contributed by atoms with van der Waals surface area (Å²) in [4.78, 5) is 1.91. The number of hydrogen-bond donors (Lipinski definition) is 1. The Hall–Kier alpha value is -2.96. The second-order valence-corrected chi connectivity index (χ2v) is 7.03. The zero-order chi connectivity index (χ0) is 21.3. The first-order valence-corrected chi connectivity index (χ1v) is 9.68. The number of benzene rings is 3. The molecule has 0 amide bonds. The van der Waals surface area contributed by atoms with Crippen molar-refractivity contribution in [2.75, 3.05) is 20.3 Å². The number of halogens is 2. The molecule has 6 heteroatoms. The fourth-order valence-electron chi connectivity index (χ4n) is 3.12. The Morgan fingerprint density at radius 2 is 1.53 bits per heavy atom. The summed E-state index contributed by atoms with van der Waals surface area (Å²) >= 11 is 0. The Morgan fingerprint density at radius 3 is 2.20 bits per heavy atom. The molecule has 0 heterocycles. The number of hydrogen-bond acceptors (Lipinski definition) is 4. The van der Waals surface area contributed by atoms with E-state index in [0.29, 0.717) is 24.4 Å². The van der Waals surface area contributed by atoms with Gasteiger partial charge >= 0.3 is 0 Å². The van der Waals surface area contributed by atoms with Crippen LogP contribution in [0.25, 0.3) is 0 Å². The highest BCUT2D eigenvalue weighted by Crippen LogP contribution is 2.18. The first kappa shape index (κ1) is 21.7. The summed E-state index contributed by atoms with van der Waals surface area (Å²) in [5, 5.41) is 10.5. The first-order chi connectivity index (χ1) is 14.5. The quantitative estimate of drug-likeness (QED) is 0.535. The average molecular weight is 413 g/mol. The number of ether oxygens (including phenoxy) is 2. The van der Waals surface area contributed by atoms with Crippen molar-refractivity contribution in [3.63, 3.8) is 0 Å². The molecule has 0 saturated heterocycles. The Morgan fingerprint density at radius 1 is 0.867 bits per heavy atom. The molecule has 0 spiro atoms. The van der Waals surface area contributed by atoms with Gasteiger partial charge in [-0.15, -0.1) is 0 Å². The highest BCUT2D eigenvalue weighted by atomic mass is 19.1. The van der Waals surface area contributed by atoms with Crippen LogP contribution in [0.5, 0.6) is 11.5 Å². The van der Waals surface area contributed by atoms with Gasteiger partial charge in [-0.05, 0) is 48.0 Å². The molecule has 0 aliphatic rings. The third-order valence-electron chi connectivity index (χ3n) is 4.64. The summed E-state index contributed by atoms with van der Waals surface area (Å²) in [5.74, 6) is 0.727. The Labute approximate surface area is 175 Å². The topological polar surface area (TPSA) is 41.9 Å². The van der Waals surface area contributed by atoms with Crippen LogP contribution in [-0.4, -0.2) is 36.4 Å². The molecule has 158 valence electrons. The number of methoxy groups -OCH3 is 1. The van der Waals surface area contributed by atoms with E-state index in [9.17, 15) is 13.9 Å². The number of nitrogens with zero attached hydrogens (tertiary/aromatic N) is 1. The van der Waals surface area contributed by atoms with Gasteiger partial charge in [0.15, 0.2) is 0 Å². The Kier molecular flexibility index (Phi) is 7.76. The zero-order valence-electron chi connectivity index (χ0n) is 16.8. The average Bonchev–Trinajstić information content (AvgIpc) is 2.76. The molecule has 1 atom stereocenters. The van der Waals surface area contributed by atoms with Crippen molar-refractivity contribution in [3.8, 4) is 11.5 Å². The van der Waals surface area contributed by atoms with E-state index in [-0.39, 0.29) is 24.8 Å². The summed E-state index contributed by atoms with van der Waals surface area (Å²) in [7, 11) is 1.59. The van der Waals surface area contributed by atoms with Gasteiger partial charge in [-0.3, -0.25) is 4.90 Å². The second-order valence-electron chi connectivity index (χ2n) is 7.03. The lowest BCUT2D eigenvalue weighted by molar-refractivity contribution is 0.0624. The SMILES string of the molecule is COc1ccc(OCC(O)CN(Cc2ccc(F)cc2)Cc2ccccc2F)cc1. The molecular formula is C24H25F2NO3. The van der Waals surface area contributed by atoms with Crippen LogP contribution in [0.3, 0.4) is 0 Å². The third-order valence-corrected chi connectivity index (χ3v) is 4.64. The molecule has 3 aromatic rings. The lowest BCUT2D eigenvalue weighted by Crippen LogP contribution is -2.35. The van der Waals surface area contributed by atoms with E-state index in [2.05, 4.69) is 0 Å². The molecule has 3 rings (SSSR count). The normalized spacial score (nSPS) is 12.0. The van der Waals surface area contributed by atoms with Crippen LogP contribution in [-0.2, 0) is 13.1 Å². The maximum Gasteiger partial charge on any atom is 0.127 e. The van der Waals surface area contributed by atoms with Crippen LogP contribution in [0.1, 0.15) is 11.1 Å². The zero-order valence-corrected chi connectivity index (χ0v) is 16.8. The molecule has 1 N–H and O–H groups in total. The van der Waals surface area contributed by atoms with E-state index in [1.54, 1.807) is 61.7 Å². The minimum absolute atomic E-state index is 0.0868. The summed E-state index contributed by atoms with van der Waals surface area (Å²) in [6, 6.07) is 19.8. The maximum absolute atomic E-state index is 14.1. The monoisotopic (exact) mass is 413 g/mol. The van der Waals surface area contributed by atoms with E-state index in [4.69, 9.17) is 9.47 Å². The number of rotatable bonds is 10. The van der Waals surface area contributed by atoms with Crippen LogP contribution in [0.2, 0.25) is 0 Å². The second kappa shape index (κ2) is 10.7. The smallest absolute Gasteiger partial charge is 0.127 e. The molecule has 30 heavy (non-hydrogen) atoms. The van der Waals surface area contributed by atoms with E-state index in [0.717, 1.165) is 11.3 Å². The standard InChI is InChI=1S/C24H25F2NO3/c1-29-22-10-12-23(13-11-22)30-17-21(28)16-27(14-18-6-8-20(25)9-7-18)15-19-4-2-3-5-24(19)26/h2-13,21,28H,14-17H2,1H3. The van der Waals surface area contributed by atoms with Gasteiger partial charge in [0.1, 0.15) is 35.8 Å². The van der Waals surface area contributed by atoms with Gasteiger partial charge in [-0.1, -0.05) is 30.3 Å². The van der Waals surface area contributed by atoms with Crippen LogP contribution >= 0.6 is 0 Å². The van der Waals surface area contributed by atoms with Gasteiger partial charge in [-0.25, -0.2) is 8.78 Å². The third kappa shape index (κ3) is 6.54. The van der Waals surface area contributed by atoms with Crippen molar-refractivity contribution >= 4 is 0 Å². The molecule has 0 aliphatic carbocycles. The molecule has 3 aromatic carbocycles. The maximum atomic E-state index is 14.1. The molecule has 0 radical (unpaired) electrons. The van der Waals surface area contributed by atoms with Crippen LogP contribution in [0, 0.1) is 11.6 Å². The van der Waals surface area contributed by atoms with Crippen LogP contribution in [0.15, 0.2) is 72.8 Å². The first-order valence-electron chi connectivity index (χ1n) is 9.68. The fourth-order valence-corrected chi connectivity index (χ4v) is 3.12.